The highest BCUT2D eigenvalue weighted by Crippen LogP contribution is 2.08. The van der Waals surface area contributed by atoms with Crippen molar-refractivity contribution >= 4 is 0 Å². The molecule has 5 heteroatoms. The van der Waals surface area contributed by atoms with Crippen molar-refractivity contribution < 1.29 is 0 Å². The first-order chi connectivity index (χ1) is 9.31. The number of rotatable bonds is 3. The summed E-state index contributed by atoms with van der Waals surface area (Å²) in [5.41, 5.74) is 2.08. The van der Waals surface area contributed by atoms with Gasteiger partial charge in [0, 0.05) is 32.2 Å². The molecule has 1 aliphatic rings. The average Bonchev–Trinajstić information content (AvgIpc) is 2.88. The molecule has 1 N–H and O–H groups in total. The molecule has 3 rings (SSSR count). The van der Waals surface area contributed by atoms with Gasteiger partial charge in [-0.2, -0.15) is 0 Å². The van der Waals surface area contributed by atoms with E-state index >= 15 is 0 Å². The Balaban J connectivity index is 1.68. The molecule has 1 aliphatic heterocycles. The molecule has 19 heavy (non-hydrogen) atoms. The van der Waals surface area contributed by atoms with Gasteiger partial charge in [-0.05, 0) is 19.1 Å². The van der Waals surface area contributed by atoms with Crippen molar-refractivity contribution in [1.29, 1.82) is 0 Å². The van der Waals surface area contributed by atoms with E-state index in [1.54, 1.807) is 0 Å². The molecule has 0 amide bonds. The minimum Gasteiger partial charge on any atom is -0.312 e. The summed E-state index contributed by atoms with van der Waals surface area (Å²) >= 11 is 0. The minimum absolute atomic E-state index is 0.554. The maximum Gasteiger partial charge on any atom is 0.0971 e. The van der Waals surface area contributed by atoms with E-state index in [4.69, 9.17) is 0 Å². The van der Waals surface area contributed by atoms with E-state index < -0.39 is 0 Å². The highest BCUT2D eigenvalue weighted by molar-refractivity contribution is 5.29. The molecule has 2 aromatic rings. The van der Waals surface area contributed by atoms with Crippen molar-refractivity contribution in [2.24, 2.45) is 0 Å². The van der Waals surface area contributed by atoms with Gasteiger partial charge < -0.3 is 5.32 Å². The van der Waals surface area contributed by atoms with E-state index in [2.05, 4.69) is 27.5 Å². The van der Waals surface area contributed by atoms with Crippen LogP contribution in [-0.2, 0) is 6.54 Å². The predicted molar refractivity (Wildman–Crippen MR) is 74.1 cm³/mol. The van der Waals surface area contributed by atoms with Gasteiger partial charge in [0.05, 0.1) is 17.6 Å². The van der Waals surface area contributed by atoms with Gasteiger partial charge in [-0.15, -0.1) is 5.10 Å². The first-order valence-electron chi connectivity index (χ1n) is 6.73. The molecule has 0 aliphatic carbocycles. The summed E-state index contributed by atoms with van der Waals surface area (Å²) < 4.78 is 1.83. The van der Waals surface area contributed by atoms with E-state index in [0.717, 1.165) is 37.6 Å². The lowest BCUT2D eigenvalue weighted by Gasteiger charge is -2.30. The first kappa shape index (κ1) is 12.3. The highest BCUT2D eigenvalue weighted by Gasteiger charge is 2.16. The predicted octanol–water partition coefficient (Wildman–Crippen LogP) is 1.06. The zero-order valence-electron chi connectivity index (χ0n) is 11.2. The maximum absolute atomic E-state index is 4.26. The van der Waals surface area contributed by atoms with Crippen molar-refractivity contribution in [3.63, 3.8) is 0 Å². The fraction of sp³-hybridized carbons (Fsp3) is 0.429. The van der Waals surface area contributed by atoms with Crippen LogP contribution in [0, 0.1) is 0 Å². The van der Waals surface area contributed by atoms with Gasteiger partial charge in [-0.3, -0.25) is 4.90 Å². The highest BCUT2D eigenvalue weighted by atomic mass is 15.4. The Morgan fingerprint density at radius 2 is 2.16 bits per heavy atom. The lowest BCUT2D eigenvalue weighted by Crippen LogP contribution is -2.48. The molecule has 0 radical (unpaired) electrons. The Morgan fingerprint density at radius 3 is 2.95 bits per heavy atom. The molecule has 1 aromatic heterocycles. The van der Waals surface area contributed by atoms with E-state index in [0.29, 0.717) is 6.04 Å². The molecule has 0 spiro atoms. The van der Waals surface area contributed by atoms with Gasteiger partial charge in [-0.25, -0.2) is 4.68 Å². The van der Waals surface area contributed by atoms with Crippen molar-refractivity contribution in [3.8, 4) is 5.69 Å². The quantitative estimate of drug-likeness (QED) is 0.893. The Bertz CT molecular complexity index is 522. The van der Waals surface area contributed by atoms with Crippen LogP contribution in [-0.4, -0.2) is 45.6 Å². The monoisotopic (exact) mass is 257 g/mol. The standard InChI is InChI=1S/C14H19N5/c1-12-9-18(8-7-15-12)10-13-11-19(17-16-13)14-5-3-2-4-6-14/h2-6,11-12,15H,7-10H2,1H3/t12-/m1/s1. The number of aromatic nitrogens is 3. The van der Waals surface area contributed by atoms with Gasteiger partial charge in [0.1, 0.15) is 0 Å². The van der Waals surface area contributed by atoms with E-state index in [-0.39, 0.29) is 0 Å². The molecule has 0 saturated carbocycles. The molecule has 0 unspecified atom stereocenters. The molecular formula is C14H19N5. The molecule has 1 aromatic carbocycles. The van der Waals surface area contributed by atoms with Crippen LogP contribution in [0.4, 0.5) is 0 Å². The summed E-state index contributed by atoms with van der Waals surface area (Å²) in [6.45, 7) is 6.28. The molecule has 1 saturated heterocycles. The zero-order chi connectivity index (χ0) is 13.1. The van der Waals surface area contributed by atoms with Gasteiger partial charge in [0.2, 0.25) is 0 Å². The summed E-state index contributed by atoms with van der Waals surface area (Å²) in [5, 5.41) is 11.9. The van der Waals surface area contributed by atoms with Crippen LogP contribution in [0.3, 0.4) is 0 Å². The number of piperazine rings is 1. The Labute approximate surface area is 113 Å². The van der Waals surface area contributed by atoms with Crippen molar-refractivity contribution in [2.45, 2.75) is 19.5 Å². The van der Waals surface area contributed by atoms with Crippen LogP contribution in [0.25, 0.3) is 5.69 Å². The molecule has 1 atom stereocenters. The smallest absolute Gasteiger partial charge is 0.0971 e. The number of hydrogen-bond acceptors (Lipinski definition) is 4. The second-order valence-electron chi connectivity index (χ2n) is 5.08. The van der Waals surface area contributed by atoms with Gasteiger partial charge >= 0.3 is 0 Å². The normalized spacial score (nSPS) is 20.6. The number of para-hydroxylation sites is 1. The number of hydrogen-bond donors (Lipinski definition) is 1. The minimum atomic E-state index is 0.554. The third-order valence-corrected chi connectivity index (χ3v) is 3.40. The topological polar surface area (TPSA) is 46.0 Å². The van der Waals surface area contributed by atoms with E-state index in [1.807, 2.05) is 41.2 Å². The average molecular weight is 257 g/mol. The fourth-order valence-corrected chi connectivity index (χ4v) is 2.46. The van der Waals surface area contributed by atoms with E-state index in [9.17, 15) is 0 Å². The summed E-state index contributed by atoms with van der Waals surface area (Å²) in [7, 11) is 0. The SMILES string of the molecule is C[C@@H]1CN(Cc2cn(-c3ccccc3)nn2)CCN1. The maximum atomic E-state index is 4.26. The largest absolute Gasteiger partial charge is 0.312 e. The second-order valence-corrected chi connectivity index (χ2v) is 5.08. The van der Waals surface area contributed by atoms with Crippen molar-refractivity contribution in [2.75, 3.05) is 19.6 Å². The third kappa shape index (κ3) is 3.00. The molecule has 5 nitrogen and oxygen atoms in total. The Hall–Kier alpha value is -1.72. The summed E-state index contributed by atoms with van der Waals surface area (Å²) in [4.78, 5) is 2.42. The van der Waals surface area contributed by atoms with Crippen LogP contribution in [0.15, 0.2) is 36.5 Å². The van der Waals surface area contributed by atoms with Gasteiger partial charge in [-0.1, -0.05) is 23.4 Å². The second kappa shape index (κ2) is 5.50. The number of benzene rings is 1. The third-order valence-electron chi connectivity index (χ3n) is 3.40. The molecule has 2 heterocycles. The summed E-state index contributed by atoms with van der Waals surface area (Å²) in [6, 6.07) is 10.6. The van der Waals surface area contributed by atoms with Gasteiger partial charge in [0.15, 0.2) is 0 Å². The molecule has 100 valence electrons. The van der Waals surface area contributed by atoms with Crippen molar-refractivity contribution in [3.05, 3.63) is 42.2 Å². The fourth-order valence-electron chi connectivity index (χ4n) is 2.46. The van der Waals surface area contributed by atoms with Crippen LogP contribution < -0.4 is 5.32 Å². The number of nitrogens with one attached hydrogen (secondary N) is 1. The molecule has 0 bridgehead atoms. The van der Waals surface area contributed by atoms with Gasteiger partial charge in [0.25, 0.3) is 0 Å². The van der Waals surface area contributed by atoms with E-state index in [1.165, 1.54) is 0 Å². The summed E-state index contributed by atoms with van der Waals surface area (Å²) in [6.07, 6.45) is 2.02. The van der Waals surface area contributed by atoms with Crippen LogP contribution >= 0.6 is 0 Å². The first-order valence-corrected chi connectivity index (χ1v) is 6.73. The van der Waals surface area contributed by atoms with Crippen LogP contribution in [0.2, 0.25) is 0 Å². The Morgan fingerprint density at radius 1 is 1.32 bits per heavy atom. The van der Waals surface area contributed by atoms with Crippen LogP contribution in [0.1, 0.15) is 12.6 Å². The Kier molecular flexibility index (Phi) is 3.57. The van der Waals surface area contributed by atoms with Crippen molar-refractivity contribution in [1.82, 2.24) is 25.2 Å². The molecular weight excluding hydrogens is 238 g/mol. The van der Waals surface area contributed by atoms with Crippen LogP contribution in [0.5, 0.6) is 0 Å². The number of nitrogens with zero attached hydrogens (tertiary/aromatic N) is 4. The zero-order valence-corrected chi connectivity index (χ0v) is 11.2. The molecule has 1 fully saturated rings. The lowest BCUT2D eigenvalue weighted by molar-refractivity contribution is 0.197. The lowest BCUT2D eigenvalue weighted by atomic mass is 10.2. The summed E-state index contributed by atoms with van der Waals surface area (Å²) in [5.74, 6) is 0.